The van der Waals surface area contributed by atoms with Gasteiger partial charge in [-0.15, -0.1) is 7.92 Å². The molecule has 0 aliphatic rings. The fourth-order valence-electron chi connectivity index (χ4n) is 0.686. The maximum Gasteiger partial charge on any atom is -0.172 e. The molecule has 1 aromatic rings. The molecule has 0 heterocycles. The summed E-state index contributed by atoms with van der Waals surface area (Å²) in [5, 5.41) is 0. The van der Waals surface area contributed by atoms with Crippen LogP contribution >= 0.6 is 33.5 Å². The van der Waals surface area contributed by atoms with Crippen molar-refractivity contribution in [2.45, 2.75) is 6.92 Å². The van der Waals surface area contributed by atoms with E-state index in [1.165, 1.54) is 6.16 Å². The predicted octanol–water partition coefficient (Wildman–Crippen LogP) is 5.42. The second-order valence-corrected chi connectivity index (χ2v) is 16.6. The van der Waals surface area contributed by atoms with Gasteiger partial charge in [0.2, 0.25) is 0 Å². The smallest absolute Gasteiger partial charge is 0.172 e. The summed E-state index contributed by atoms with van der Waals surface area (Å²) in [6.07, 6.45) is 3.54. The van der Waals surface area contributed by atoms with E-state index < -0.39 is 18.2 Å². The van der Waals surface area contributed by atoms with Crippen molar-refractivity contribution in [3.05, 3.63) is 36.8 Å². The van der Waals surface area contributed by atoms with Gasteiger partial charge in [-0.1, -0.05) is 0 Å². The molecule has 0 saturated carbocycles. The first kappa shape index (κ1) is 18.9. The Morgan fingerprint density at radius 3 is 1.67 bits per heavy atom. The van der Waals surface area contributed by atoms with Crippen molar-refractivity contribution in [3.63, 3.8) is 0 Å². The van der Waals surface area contributed by atoms with Gasteiger partial charge in [0.1, 0.15) is 0 Å². The molecule has 0 nitrogen and oxygen atoms in total. The van der Waals surface area contributed by atoms with Crippen LogP contribution in [0.15, 0.2) is 30.3 Å². The molecule has 0 N–H and O–H groups in total. The van der Waals surface area contributed by atoms with Crippen molar-refractivity contribution in [1.82, 2.24) is 0 Å². The third-order valence-corrected chi connectivity index (χ3v) is 2.20. The molecule has 5 heteroatoms. The van der Waals surface area contributed by atoms with E-state index in [4.69, 9.17) is 25.5 Å². The fourth-order valence-corrected chi connectivity index (χ4v) is 1.42. The zero-order valence-corrected chi connectivity index (χ0v) is 14.9. The van der Waals surface area contributed by atoms with Crippen molar-refractivity contribution in [3.8, 4) is 0 Å². The second kappa shape index (κ2) is 15.5. The van der Waals surface area contributed by atoms with Crippen molar-refractivity contribution >= 4 is 33.5 Å². The molecule has 0 atom stereocenters. The SMILES string of the molecule is C[CH-]CP(C)C.[Cl][Zr]([Cl])[Cl].c1cc[cH-]c1. The minimum absolute atomic E-state index is 0.344. The molecule has 0 unspecified atom stereocenters. The Morgan fingerprint density at radius 1 is 1.20 bits per heavy atom. The van der Waals surface area contributed by atoms with Gasteiger partial charge in [0.15, 0.2) is 0 Å². The van der Waals surface area contributed by atoms with Crippen molar-refractivity contribution < 1.29 is 18.2 Å². The minimum atomic E-state index is -2.13. The Kier molecular flexibility index (Phi) is 19.6. The van der Waals surface area contributed by atoms with Crippen LogP contribution in [0.25, 0.3) is 0 Å². The molecule has 0 aromatic heterocycles. The van der Waals surface area contributed by atoms with E-state index in [0.717, 1.165) is 0 Å². The normalized spacial score (nSPS) is 8.47. The van der Waals surface area contributed by atoms with Gasteiger partial charge in [-0.25, -0.2) is 12.1 Å². The zero-order chi connectivity index (χ0) is 12.1. The van der Waals surface area contributed by atoms with Gasteiger partial charge < -0.3 is 6.42 Å². The van der Waals surface area contributed by atoms with Crippen molar-refractivity contribution in [2.75, 3.05) is 19.5 Å². The first-order chi connectivity index (χ1) is 7.00. The van der Waals surface area contributed by atoms with Gasteiger partial charge in [-0.2, -0.15) is 31.3 Å². The average molecular weight is 366 g/mol. The van der Waals surface area contributed by atoms with Gasteiger partial charge in [0.05, 0.1) is 0 Å². The molecule has 0 saturated heterocycles. The molecule has 1 rings (SSSR count). The Bertz CT molecular complexity index is 159. The van der Waals surface area contributed by atoms with E-state index in [-0.39, 0.29) is 0 Å². The summed E-state index contributed by atoms with van der Waals surface area (Å²) >= 11 is -2.13. The standard InChI is InChI=1S/C5H12P.C5H5.3ClH.Zr/c1-4-5-6(2)3;1-2-4-5-3-1;;;;/h4H,5H2,1-3H3;1-5H;3*1H;/q2*-1;;;;+3/p-3. The zero-order valence-electron chi connectivity index (χ0n) is 9.25. The Hall–Kier alpha value is 1.53. The van der Waals surface area contributed by atoms with Crippen LogP contribution < -0.4 is 0 Å². The number of hydrogen-bond acceptors (Lipinski definition) is 0. The first-order valence-corrected chi connectivity index (χ1v) is 16.3. The van der Waals surface area contributed by atoms with Crippen LogP contribution in [0.1, 0.15) is 6.92 Å². The van der Waals surface area contributed by atoms with Gasteiger partial charge in [0.25, 0.3) is 0 Å². The summed E-state index contributed by atoms with van der Waals surface area (Å²) < 4.78 is 0. The Labute approximate surface area is 114 Å². The minimum Gasteiger partial charge on any atom is -0.214 e. The molecule has 89 valence electrons. The van der Waals surface area contributed by atoms with Crippen LogP contribution in [-0.4, -0.2) is 19.5 Å². The number of halogens is 3. The van der Waals surface area contributed by atoms with Gasteiger partial charge in [-0.3, -0.25) is 0 Å². The van der Waals surface area contributed by atoms with Crippen LogP contribution in [0.4, 0.5) is 0 Å². The van der Waals surface area contributed by atoms with Crippen LogP contribution in [0.3, 0.4) is 0 Å². The Morgan fingerprint density at radius 2 is 1.60 bits per heavy atom. The van der Waals surface area contributed by atoms with E-state index in [0.29, 0.717) is 7.92 Å². The molecule has 0 aliphatic heterocycles. The van der Waals surface area contributed by atoms with E-state index in [1.807, 2.05) is 30.3 Å². The summed E-state index contributed by atoms with van der Waals surface area (Å²) in [4.78, 5) is 0. The predicted molar refractivity (Wildman–Crippen MR) is 73.2 cm³/mol. The summed E-state index contributed by atoms with van der Waals surface area (Å²) in [5.74, 6) is 0. The number of rotatable bonds is 2. The summed E-state index contributed by atoms with van der Waals surface area (Å²) in [5.41, 5.74) is 0. The summed E-state index contributed by atoms with van der Waals surface area (Å²) in [6, 6.07) is 10.0. The van der Waals surface area contributed by atoms with Gasteiger partial charge >= 0.3 is 43.7 Å². The quantitative estimate of drug-likeness (QED) is 0.484. The van der Waals surface area contributed by atoms with Crippen molar-refractivity contribution in [2.24, 2.45) is 0 Å². The fraction of sp³-hybridized carbons (Fsp3) is 0.400. The summed E-state index contributed by atoms with van der Waals surface area (Å²) in [7, 11) is 15.4. The largest absolute Gasteiger partial charge is 0.214 e. The maximum absolute atomic E-state index is 5.00. The van der Waals surface area contributed by atoms with E-state index in [1.54, 1.807) is 0 Å². The number of hydrogen-bond donors (Lipinski definition) is 0. The maximum atomic E-state index is 5.00. The third kappa shape index (κ3) is 31.3. The van der Waals surface area contributed by atoms with Gasteiger partial charge in [0, 0.05) is 0 Å². The van der Waals surface area contributed by atoms with Crippen LogP contribution in [0.5, 0.6) is 0 Å². The molecule has 1 aromatic carbocycles. The van der Waals surface area contributed by atoms with E-state index in [9.17, 15) is 0 Å². The average Bonchev–Trinajstić information content (AvgIpc) is 2.58. The van der Waals surface area contributed by atoms with E-state index >= 15 is 0 Å². The molecule has 0 bridgehead atoms. The van der Waals surface area contributed by atoms with Crippen LogP contribution in [0, 0.1) is 6.42 Å². The third-order valence-electron chi connectivity index (χ3n) is 1.10. The topological polar surface area (TPSA) is 0 Å². The molecule has 0 amide bonds. The molecular formula is C10H17Cl3PZr-2. The molecule has 0 spiro atoms. The van der Waals surface area contributed by atoms with Crippen LogP contribution in [0.2, 0.25) is 0 Å². The Balaban J connectivity index is 0. The van der Waals surface area contributed by atoms with Crippen LogP contribution in [-0.2, 0) is 18.2 Å². The molecular weight excluding hydrogens is 349 g/mol. The molecule has 0 aliphatic carbocycles. The molecule has 0 radical (unpaired) electrons. The second-order valence-electron chi connectivity index (χ2n) is 2.85. The summed E-state index contributed by atoms with van der Waals surface area (Å²) in [6.45, 7) is 6.69. The van der Waals surface area contributed by atoms with Crippen molar-refractivity contribution in [1.29, 1.82) is 0 Å². The molecule has 15 heavy (non-hydrogen) atoms. The van der Waals surface area contributed by atoms with Gasteiger partial charge in [-0.05, 0) is 13.3 Å². The molecule has 0 fully saturated rings. The first-order valence-electron chi connectivity index (χ1n) is 4.43. The van der Waals surface area contributed by atoms with E-state index in [2.05, 4.69) is 26.7 Å². The monoisotopic (exact) mass is 363 g/mol.